The molecule has 0 fully saturated rings. The summed E-state index contributed by atoms with van der Waals surface area (Å²) in [6.07, 6.45) is 0.326. The SMILES string of the molecule is C=C(Cc1ccc(O)c(-n2nc3ccccc3n2)c1)C(=O)OCC. The molecule has 0 amide bonds. The monoisotopic (exact) mass is 323 g/mol. The fourth-order valence-corrected chi connectivity index (χ4v) is 2.36. The minimum atomic E-state index is -0.421. The van der Waals surface area contributed by atoms with E-state index in [4.69, 9.17) is 4.74 Å². The molecule has 0 atom stereocenters. The number of nitrogens with zero attached hydrogens (tertiary/aromatic N) is 3. The summed E-state index contributed by atoms with van der Waals surface area (Å²) >= 11 is 0. The minimum Gasteiger partial charge on any atom is -0.506 e. The van der Waals surface area contributed by atoms with Gasteiger partial charge in [0.15, 0.2) is 0 Å². The van der Waals surface area contributed by atoms with Gasteiger partial charge >= 0.3 is 5.97 Å². The van der Waals surface area contributed by atoms with Crippen LogP contribution >= 0.6 is 0 Å². The second-order valence-corrected chi connectivity index (χ2v) is 5.30. The van der Waals surface area contributed by atoms with Crippen LogP contribution in [-0.4, -0.2) is 32.7 Å². The molecule has 6 nitrogen and oxygen atoms in total. The number of rotatable bonds is 5. The maximum absolute atomic E-state index is 11.7. The summed E-state index contributed by atoms with van der Waals surface area (Å²) in [6.45, 7) is 5.81. The van der Waals surface area contributed by atoms with Gasteiger partial charge in [0, 0.05) is 12.0 Å². The van der Waals surface area contributed by atoms with Gasteiger partial charge in [-0.15, -0.1) is 15.0 Å². The summed E-state index contributed by atoms with van der Waals surface area (Å²) in [5, 5.41) is 18.8. The molecule has 0 spiro atoms. The Labute approximate surface area is 139 Å². The number of ether oxygens (including phenoxy) is 1. The first-order valence-electron chi connectivity index (χ1n) is 7.57. The molecule has 1 aromatic heterocycles. The number of phenols is 1. The van der Waals surface area contributed by atoms with E-state index < -0.39 is 5.97 Å². The molecular formula is C18H17N3O3. The maximum Gasteiger partial charge on any atom is 0.333 e. The zero-order chi connectivity index (χ0) is 17.1. The molecule has 6 heteroatoms. The van der Waals surface area contributed by atoms with Crippen LogP contribution < -0.4 is 0 Å². The Bertz CT molecular complexity index is 882. The lowest BCUT2D eigenvalue weighted by Gasteiger charge is -2.08. The van der Waals surface area contributed by atoms with Crippen LogP contribution in [0.15, 0.2) is 54.6 Å². The number of benzene rings is 2. The Kier molecular flexibility index (Phi) is 4.29. The Morgan fingerprint density at radius 3 is 2.50 bits per heavy atom. The lowest BCUT2D eigenvalue weighted by Crippen LogP contribution is -2.09. The zero-order valence-electron chi connectivity index (χ0n) is 13.3. The van der Waals surface area contributed by atoms with Crippen LogP contribution in [0.4, 0.5) is 0 Å². The lowest BCUT2D eigenvalue weighted by molar-refractivity contribution is -0.138. The number of hydrogen-bond acceptors (Lipinski definition) is 5. The van der Waals surface area contributed by atoms with E-state index >= 15 is 0 Å². The van der Waals surface area contributed by atoms with E-state index in [1.807, 2.05) is 24.3 Å². The lowest BCUT2D eigenvalue weighted by atomic mass is 10.1. The Morgan fingerprint density at radius 2 is 1.88 bits per heavy atom. The number of carbonyl (C=O) groups is 1. The van der Waals surface area contributed by atoms with Crippen molar-refractivity contribution in [3.05, 3.63) is 60.2 Å². The summed E-state index contributed by atoms with van der Waals surface area (Å²) in [5.74, 6) is -0.365. The number of fused-ring (bicyclic) bond motifs is 1. The van der Waals surface area contributed by atoms with Crippen LogP contribution in [0.25, 0.3) is 16.7 Å². The molecule has 0 aliphatic heterocycles. The van der Waals surface area contributed by atoms with Gasteiger partial charge in [-0.2, -0.15) is 0 Å². The van der Waals surface area contributed by atoms with Gasteiger partial charge in [0.2, 0.25) is 0 Å². The van der Waals surface area contributed by atoms with Crippen LogP contribution in [0.2, 0.25) is 0 Å². The maximum atomic E-state index is 11.7. The van der Waals surface area contributed by atoms with E-state index in [1.165, 1.54) is 4.80 Å². The van der Waals surface area contributed by atoms with Crippen molar-refractivity contribution >= 4 is 17.0 Å². The average molecular weight is 323 g/mol. The van der Waals surface area contributed by atoms with E-state index in [1.54, 1.807) is 25.1 Å². The average Bonchev–Trinajstić information content (AvgIpc) is 3.00. The van der Waals surface area contributed by atoms with Gasteiger partial charge in [0.1, 0.15) is 22.5 Å². The van der Waals surface area contributed by atoms with Crippen LogP contribution in [0, 0.1) is 0 Å². The fraction of sp³-hybridized carbons (Fsp3) is 0.167. The third-order valence-electron chi connectivity index (χ3n) is 3.52. The fourth-order valence-electron chi connectivity index (χ4n) is 2.36. The molecule has 0 aliphatic rings. The highest BCUT2D eigenvalue weighted by Gasteiger charge is 2.13. The topological polar surface area (TPSA) is 77.2 Å². The molecule has 24 heavy (non-hydrogen) atoms. The molecule has 1 N–H and O–H groups in total. The van der Waals surface area contributed by atoms with Crippen molar-refractivity contribution in [3.63, 3.8) is 0 Å². The highest BCUT2D eigenvalue weighted by Crippen LogP contribution is 2.24. The van der Waals surface area contributed by atoms with Gasteiger partial charge < -0.3 is 9.84 Å². The van der Waals surface area contributed by atoms with E-state index in [-0.39, 0.29) is 5.75 Å². The predicted molar refractivity (Wildman–Crippen MR) is 90.0 cm³/mol. The number of phenolic OH excluding ortho intramolecular Hbond substituents is 1. The Morgan fingerprint density at radius 1 is 1.21 bits per heavy atom. The van der Waals surface area contributed by atoms with E-state index in [9.17, 15) is 9.90 Å². The summed E-state index contributed by atoms with van der Waals surface area (Å²) in [6, 6.07) is 12.5. The summed E-state index contributed by atoms with van der Waals surface area (Å²) in [7, 11) is 0. The third kappa shape index (κ3) is 3.12. The Hall–Kier alpha value is -3.15. The molecule has 1 heterocycles. The molecule has 0 saturated carbocycles. The van der Waals surface area contributed by atoms with Gasteiger partial charge in [0.25, 0.3) is 0 Å². The van der Waals surface area contributed by atoms with Gasteiger partial charge in [-0.1, -0.05) is 24.8 Å². The number of carbonyl (C=O) groups excluding carboxylic acids is 1. The van der Waals surface area contributed by atoms with Crippen LogP contribution in [0.1, 0.15) is 12.5 Å². The summed E-state index contributed by atoms with van der Waals surface area (Å²) < 4.78 is 4.94. The summed E-state index contributed by atoms with van der Waals surface area (Å²) in [4.78, 5) is 13.1. The van der Waals surface area contributed by atoms with Crippen LogP contribution in [0.3, 0.4) is 0 Å². The summed E-state index contributed by atoms with van der Waals surface area (Å²) in [5.41, 5.74) is 3.08. The smallest absolute Gasteiger partial charge is 0.333 e. The second-order valence-electron chi connectivity index (χ2n) is 5.30. The molecule has 0 saturated heterocycles. The number of aromatic hydroxyl groups is 1. The predicted octanol–water partition coefficient (Wildman–Crippen LogP) is 2.79. The highest BCUT2D eigenvalue weighted by molar-refractivity contribution is 5.88. The number of aromatic nitrogens is 3. The third-order valence-corrected chi connectivity index (χ3v) is 3.52. The molecule has 0 unspecified atom stereocenters. The van der Waals surface area contributed by atoms with Crippen molar-refractivity contribution in [3.8, 4) is 11.4 Å². The largest absolute Gasteiger partial charge is 0.506 e. The first-order valence-corrected chi connectivity index (χ1v) is 7.57. The van der Waals surface area contributed by atoms with Crippen molar-refractivity contribution in [2.75, 3.05) is 6.61 Å². The quantitative estimate of drug-likeness (QED) is 0.577. The van der Waals surface area contributed by atoms with Crippen molar-refractivity contribution in [1.29, 1.82) is 0 Å². The first-order chi connectivity index (χ1) is 11.6. The van der Waals surface area contributed by atoms with Crippen molar-refractivity contribution in [2.24, 2.45) is 0 Å². The van der Waals surface area contributed by atoms with Gasteiger partial charge in [-0.05, 0) is 36.8 Å². The molecular weight excluding hydrogens is 306 g/mol. The van der Waals surface area contributed by atoms with Crippen molar-refractivity contribution in [2.45, 2.75) is 13.3 Å². The van der Waals surface area contributed by atoms with Crippen LogP contribution in [0.5, 0.6) is 5.75 Å². The van der Waals surface area contributed by atoms with Crippen molar-refractivity contribution < 1.29 is 14.6 Å². The molecule has 122 valence electrons. The van der Waals surface area contributed by atoms with E-state index in [0.717, 1.165) is 16.6 Å². The van der Waals surface area contributed by atoms with Gasteiger partial charge in [-0.3, -0.25) is 0 Å². The zero-order valence-corrected chi connectivity index (χ0v) is 13.3. The first kappa shape index (κ1) is 15.7. The van der Waals surface area contributed by atoms with E-state index in [2.05, 4.69) is 16.8 Å². The van der Waals surface area contributed by atoms with Gasteiger partial charge in [-0.25, -0.2) is 4.79 Å². The molecule has 3 rings (SSSR count). The molecule has 0 bridgehead atoms. The molecule has 0 radical (unpaired) electrons. The number of esters is 1. The standard InChI is InChI=1S/C18H17N3O3/c1-3-24-18(23)12(2)10-13-8-9-17(22)16(11-13)21-19-14-6-4-5-7-15(14)20-21/h4-9,11,22H,2-3,10H2,1H3. The van der Waals surface area contributed by atoms with Crippen molar-refractivity contribution in [1.82, 2.24) is 15.0 Å². The molecule has 2 aromatic carbocycles. The number of hydrogen-bond donors (Lipinski definition) is 1. The molecule has 3 aromatic rings. The van der Waals surface area contributed by atoms with Crippen LogP contribution in [-0.2, 0) is 16.0 Å². The van der Waals surface area contributed by atoms with Gasteiger partial charge in [0.05, 0.1) is 6.61 Å². The normalized spacial score (nSPS) is 10.7. The second kappa shape index (κ2) is 6.54. The minimum absolute atomic E-state index is 0.0563. The van der Waals surface area contributed by atoms with E-state index in [0.29, 0.717) is 24.3 Å². The molecule has 0 aliphatic carbocycles. The Balaban J connectivity index is 1.91. The highest BCUT2D eigenvalue weighted by atomic mass is 16.5.